The molecule has 0 N–H and O–H groups in total. The van der Waals surface area contributed by atoms with E-state index in [0.717, 1.165) is 6.42 Å². The fourth-order valence-electron chi connectivity index (χ4n) is 1.00. The molecule has 0 heterocycles. The van der Waals surface area contributed by atoms with Gasteiger partial charge < -0.3 is 0 Å². The predicted octanol–water partition coefficient (Wildman–Crippen LogP) is 2.47. The van der Waals surface area contributed by atoms with Crippen LogP contribution < -0.4 is 0 Å². The van der Waals surface area contributed by atoms with Crippen LogP contribution in [0.2, 0.25) is 0 Å². The molecule has 0 aromatic heterocycles. The average molecular weight is 158 g/mol. The zero-order chi connectivity index (χ0) is 6.15. The molecular formula is C8H11V-. The summed E-state index contributed by atoms with van der Waals surface area (Å²) in [6.45, 7) is 6.41. The first-order chi connectivity index (χ1) is 3.70. The van der Waals surface area contributed by atoms with Crippen LogP contribution in [0, 0.1) is 6.08 Å². The molecule has 0 amide bonds. The molecule has 9 heavy (non-hydrogen) atoms. The van der Waals surface area contributed by atoms with Gasteiger partial charge in [0.2, 0.25) is 0 Å². The Kier molecular flexibility index (Phi) is 3.31. The molecule has 0 unspecified atom stereocenters. The second-order valence-electron chi connectivity index (χ2n) is 2.49. The van der Waals surface area contributed by atoms with Gasteiger partial charge in [0, 0.05) is 18.6 Å². The van der Waals surface area contributed by atoms with E-state index in [1.54, 1.807) is 0 Å². The predicted molar refractivity (Wildman–Crippen MR) is 35.4 cm³/mol. The maximum Gasteiger partial charge on any atom is 0 e. The molecule has 1 aliphatic rings. The fraction of sp³-hybridized carbons (Fsp3) is 0.500. The summed E-state index contributed by atoms with van der Waals surface area (Å²) in [6.07, 6.45) is 4.41. The van der Waals surface area contributed by atoms with E-state index in [1.807, 2.05) is 0 Å². The maximum atomic E-state index is 3.26. The minimum absolute atomic E-state index is 0. The first-order valence-electron chi connectivity index (χ1n) is 2.96. The third-order valence-corrected chi connectivity index (χ3v) is 1.57. The van der Waals surface area contributed by atoms with Gasteiger partial charge in [-0.05, 0) is 0 Å². The summed E-state index contributed by atoms with van der Waals surface area (Å²) in [6, 6.07) is 0. The van der Waals surface area contributed by atoms with Gasteiger partial charge in [0.1, 0.15) is 0 Å². The molecule has 1 radical (unpaired) electrons. The molecule has 0 aromatic rings. The van der Waals surface area contributed by atoms with Crippen molar-refractivity contribution in [3.63, 3.8) is 0 Å². The summed E-state index contributed by atoms with van der Waals surface area (Å²) in [5.74, 6) is 0. The van der Waals surface area contributed by atoms with Crippen molar-refractivity contribution in [2.75, 3.05) is 0 Å². The third kappa shape index (κ3) is 2.04. The van der Waals surface area contributed by atoms with Gasteiger partial charge >= 0.3 is 0 Å². The Labute approximate surface area is 68.9 Å². The van der Waals surface area contributed by atoms with E-state index in [-0.39, 0.29) is 18.6 Å². The van der Waals surface area contributed by atoms with Gasteiger partial charge in [-0.2, -0.15) is 5.57 Å². The van der Waals surface area contributed by atoms with Crippen LogP contribution in [-0.2, 0) is 18.6 Å². The van der Waals surface area contributed by atoms with Gasteiger partial charge in [-0.3, -0.25) is 0 Å². The minimum atomic E-state index is 0. The van der Waals surface area contributed by atoms with E-state index in [9.17, 15) is 0 Å². The first kappa shape index (κ1) is 9.06. The molecule has 0 spiro atoms. The number of allylic oxidation sites excluding steroid dienone is 4. The summed E-state index contributed by atoms with van der Waals surface area (Å²) in [4.78, 5) is 0. The zero-order valence-electron chi connectivity index (χ0n) is 6.15. The molecule has 0 fully saturated rings. The van der Waals surface area contributed by atoms with Crippen LogP contribution >= 0.6 is 0 Å². The molecule has 1 rings (SSSR count). The number of hydrogen-bond donors (Lipinski definition) is 0. The summed E-state index contributed by atoms with van der Waals surface area (Å²) < 4.78 is 0. The Balaban J connectivity index is 0.000000640. The van der Waals surface area contributed by atoms with Crippen LogP contribution in [0.1, 0.15) is 27.2 Å². The average Bonchev–Trinajstić information content (AvgIpc) is 1.85. The molecule has 0 aliphatic heterocycles. The molecule has 1 heteroatoms. The molecule has 0 saturated heterocycles. The van der Waals surface area contributed by atoms with Crippen molar-refractivity contribution in [3.05, 3.63) is 22.8 Å². The third-order valence-electron chi connectivity index (χ3n) is 1.57. The second kappa shape index (κ2) is 3.29. The van der Waals surface area contributed by atoms with Crippen LogP contribution in [-0.4, -0.2) is 0 Å². The van der Waals surface area contributed by atoms with Crippen LogP contribution in [0.5, 0.6) is 0 Å². The van der Waals surface area contributed by atoms with Crippen molar-refractivity contribution in [2.45, 2.75) is 27.2 Å². The van der Waals surface area contributed by atoms with Crippen molar-refractivity contribution < 1.29 is 18.6 Å². The maximum absolute atomic E-state index is 3.26. The smallest absolute Gasteiger partial charge is 0 e. The summed E-state index contributed by atoms with van der Waals surface area (Å²) in [5, 5.41) is 0. The monoisotopic (exact) mass is 158 g/mol. The van der Waals surface area contributed by atoms with Crippen LogP contribution in [0.25, 0.3) is 0 Å². The molecule has 0 nitrogen and oxygen atoms in total. The molecule has 0 saturated carbocycles. The second-order valence-corrected chi connectivity index (χ2v) is 2.49. The van der Waals surface area contributed by atoms with Gasteiger partial charge in [-0.15, -0.1) is 6.92 Å². The van der Waals surface area contributed by atoms with Gasteiger partial charge in [0.05, 0.1) is 0 Å². The van der Waals surface area contributed by atoms with Crippen LogP contribution in [0.15, 0.2) is 16.7 Å². The van der Waals surface area contributed by atoms with Gasteiger partial charge in [0.25, 0.3) is 0 Å². The summed E-state index contributed by atoms with van der Waals surface area (Å²) >= 11 is 0. The van der Waals surface area contributed by atoms with Crippen LogP contribution in [0.3, 0.4) is 0 Å². The zero-order valence-corrected chi connectivity index (χ0v) is 7.55. The summed E-state index contributed by atoms with van der Waals surface area (Å²) in [5.41, 5.74) is 4.19. The minimum Gasteiger partial charge on any atom is -0.250 e. The quantitative estimate of drug-likeness (QED) is 0.475. The summed E-state index contributed by atoms with van der Waals surface area (Å²) in [7, 11) is 0. The Hall–Kier alpha value is 0.0644. The van der Waals surface area contributed by atoms with E-state index in [4.69, 9.17) is 0 Å². The standard InChI is InChI=1S/C8H11.V/c1-6-4-7(2)8(3)5-6;/h4H2,1-3H3;/q-1;. The van der Waals surface area contributed by atoms with Gasteiger partial charge in [0.15, 0.2) is 0 Å². The molecule has 49 valence electrons. The van der Waals surface area contributed by atoms with Crippen molar-refractivity contribution >= 4 is 0 Å². The first-order valence-corrected chi connectivity index (χ1v) is 2.96. The van der Waals surface area contributed by atoms with Gasteiger partial charge in [-0.1, -0.05) is 20.3 Å². The Morgan fingerprint density at radius 3 is 1.89 bits per heavy atom. The van der Waals surface area contributed by atoms with Crippen molar-refractivity contribution in [2.24, 2.45) is 0 Å². The van der Waals surface area contributed by atoms with Crippen molar-refractivity contribution in [1.82, 2.24) is 0 Å². The number of hydrogen-bond acceptors (Lipinski definition) is 0. The largest absolute Gasteiger partial charge is 0.250 e. The number of rotatable bonds is 0. The molecule has 0 atom stereocenters. The Morgan fingerprint density at radius 2 is 1.78 bits per heavy atom. The van der Waals surface area contributed by atoms with Crippen LogP contribution in [0.4, 0.5) is 0 Å². The molecule has 0 bridgehead atoms. The van der Waals surface area contributed by atoms with E-state index in [2.05, 4.69) is 26.8 Å². The Morgan fingerprint density at radius 1 is 1.22 bits per heavy atom. The van der Waals surface area contributed by atoms with E-state index in [0.29, 0.717) is 0 Å². The molecular weight excluding hydrogens is 147 g/mol. The van der Waals surface area contributed by atoms with E-state index < -0.39 is 0 Å². The SMILES string of the molecule is CC1=[C-]C(C)=C(C)C1.[V]. The van der Waals surface area contributed by atoms with Crippen molar-refractivity contribution in [1.29, 1.82) is 0 Å². The molecule has 1 aliphatic carbocycles. The van der Waals surface area contributed by atoms with E-state index in [1.165, 1.54) is 16.7 Å². The van der Waals surface area contributed by atoms with E-state index >= 15 is 0 Å². The Bertz CT molecular complexity index is 163. The fourth-order valence-corrected chi connectivity index (χ4v) is 1.00. The molecule has 0 aromatic carbocycles. The van der Waals surface area contributed by atoms with Gasteiger partial charge in [-0.25, -0.2) is 17.2 Å². The topological polar surface area (TPSA) is 0 Å². The normalized spacial score (nSPS) is 17.4. The van der Waals surface area contributed by atoms with Crippen molar-refractivity contribution in [3.8, 4) is 0 Å².